The Kier molecular flexibility index (Phi) is 6.18. The molecule has 1 aliphatic carbocycles. The minimum absolute atomic E-state index is 0.0145. The number of hydrogen-bond donors (Lipinski definition) is 0. The van der Waals surface area contributed by atoms with Crippen LogP contribution < -0.4 is 9.47 Å². The monoisotopic (exact) mass is 394 g/mol. The molecule has 0 aromatic heterocycles. The zero-order valence-corrected chi connectivity index (χ0v) is 17.2. The van der Waals surface area contributed by atoms with Crippen LogP contribution in [0.1, 0.15) is 38.3 Å². The number of carbonyl (C=O) groups is 2. The summed E-state index contributed by atoms with van der Waals surface area (Å²) in [6, 6.07) is 7.45. The van der Waals surface area contributed by atoms with Gasteiger partial charge in [-0.05, 0) is 33.6 Å². The molecule has 0 saturated carbocycles. The molecule has 29 heavy (non-hydrogen) atoms. The van der Waals surface area contributed by atoms with Gasteiger partial charge >= 0.3 is 11.9 Å². The van der Waals surface area contributed by atoms with Gasteiger partial charge in [-0.2, -0.15) is 0 Å². The molecular formula is C24H26O5. The van der Waals surface area contributed by atoms with Gasteiger partial charge < -0.3 is 14.2 Å². The van der Waals surface area contributed by atoms with Crippen molar-refractivity contribution < 1.29 is 23.8 Å². The van der Waals surface area contributed by atoms with Crippen LogP contribution in [0.4, 0.5) is 0 Å². The van der Waals surface area contributed by atoms with Crippen molar-refractivity contribution in [3.05, 3.63) is 59.7 Å². The van der Waals surface area contributed by atoms with Crippen LogP contribution in [0.3, 0.4) is 0 Å². The first-order valence-electron chi connectivity index (χ1n) is 9.76. The van der Waals surface area contributed by atoms with Gasteiger partial charge in [0, 0.05) is 46.1 Å². The fourth-order valence-electron chi connectivity index (χ4n) is 3.56. The van der Waals surface area contributed by atoms with E-state index in [1.165, 1.54) is 0 Å². The zero-order chi connectivity index (χ0) is 21.1. The summed E-state index contributed by atoms with van der Waals surface area (Å²) in [7, 11) is 0. The van der Waals surface area contributed by atoms with E-state index < -0.39 is 11.9 Å². The molecule has 2 aromatic carbocycles. The summed E-state index contributed by atoms with van der Waals surface area (Å²) in [6.07, 6.45) is 2.04. The van der Waals surface area contributed by atoms with E-state index in [1.807, 2.05) is 31.2 Å². The number of benzene rings is 2. The Morgan fingerprint density at radius 2 is 1.48 bits per heavy atom. The topological polar surface area (TPSA) is 61.8 Å². The number of hydrogen-bond acceptors (Lipinski definition) is 5. The van der Waals surface area contributed by atoms with Crippen LogP contribution in [0, 0.1) is 0 Å². The summed E-state index contributed by atoms with van der Waals surface area (Å²) in [5.74, 6) is 0.0373. The maximum Gasteiger partial charge on any atom is 0.338 e. The van der Waals surface area contributed by atoms with Gasteiger partial charge in [0.15, 0.2) is 0 Å². The lowest BCUT2D eigenvalue weighted by molar-refractivity contribution is -0.131. The Morgan fingerprint density at radius 3 is 1.97 bits per heavy atom. The predicted molar refractivity (Wildman–Crippen MR) is 112 cm³/mol. The third-order valence-electron chi connectivity index (χ3n) is 4.97. The number of rotatable bonds is 6. The lowest BCUT2D eigenvalue weighted by Crippen LogP contribution is -2.25. The first kappa shape index (κ1) is 20.8. The van der Waals surface area contributed by atoms with Crippen molar-refractivity contribution >= 4 is 22.7 Å². The molecular weight excluding hydrogens is 368 g/mol. The molecule has 0 spiro atoms. The van der Waals surface area contributed by atoms with Crippen molar-refractivity contribution in [1.29, 1.82) is 0 Å². The van der Waals surface area contributed by atoms with Gasteiger partial charge in [0.05, 0.1) is 6.10 Å². The van der Waals surface area contributed by atoms with Gasteiger partial charge in [-0.25, -0.2) is 9.59 Å². The minimum atomic E-state index is -0.484. The van der Waals surface area contributed by atoms with Crippen molar-refractivity contribution in [3.63, 3.8) is 0 Å². The second-order valence-corrected chi connectivity index (χ2v) is 7.32. The van der Waals surface area contributed by atoms with Crippen LogP contribution in [0.5, 0.6) is 11.5 Å². The smallest absolute Gasteiger partial charge is 0.338 e. The molecule has 2 aromatic rings. The van der Waals surface area contributed by atoms with Gasteiger partial charge in [0.2, 0.25) is 0 Å². The molecule has 5 nitrogen and oxygen atoms in total. The van der Waals surface area contributed by atoms with Crippen molar-refractivity contribution in [2.75, 3.05) is 6.61 Å². The highest BCUT2D eigenvalue weighted by atomic mass is 16.5. The van der Waals surface area contributed by atoms with Crippen molar-refractivity contribution in [3.8, 4) is 11.5 Å². The SMILES string of the molecule is C=C(C)C(=O)Oc1c2c(c(OC(=O)C(=C)C)c3ccccc13)CC(OCC)CC2. The predicted octanol–water partition coefficient (Wildman–Crippen LogP) is 4.70. The Morgan fingerprint density at radius 1 is 0.966 bits per heavy atom. The second kappa shape index (κ2) is 8.62. The number of ether oxygens (including phenoxy) is 3. The van der Waals surface area contributed by atoms with E-state index in [-0.39, 0.29) is 6.10 Å². The van der Waals surface area contributed by atoms with Gasteiger partial charge in [-0.3, -0.25) is 0 Å². The summed E-state index contributed by atoms with van der Waals surface area (Å²) >= 11 is 0. The Balaban J connectivity index is 2.24. The fraction of sp³-hybridized carbons (Fsp3) is 0.333. The largest absolute Gasteiger partial charge is 0.422 e. The normalized spacial score (nSPS) is 15.5. The third kappa shape index (κ3) is 4.25. The molecule has 0 saturated heterocycles. The third-order valence-corrected chi connectivity index (χ3v) is 4.97. The van der Waals surface area contributed by atoms with E-state index in [9.17, 15) is 9.59 Å². The summed E-state index contributed by atoms with van der Waals surface area (Å²) in [5, 5.41) is 1.43. The molecule has 0 amide bonds. The van der Waals surface area contributed by atoms with E-state index in [2.05, 4.69) is 13.2 Å². The van der Waals surface area contributed by atoms with Crippen LogP contribution in [0.25, 0.3) is 10.8 Å². The average Bonchev–Trinajstić information content (AvgIpc) is 2.70. The van der Waals surface area contributed by atoms with Crippen molar-refractivity contribution in [2.24, 2.45) is 0 Å². The van der Waals surface area contributed by atoms with Gasteiger partial charge in [-0.15, -0.1) is 0 Å². The van der Waals surface area contributed by atoms with Crippen LogP contribution >= 0.6 is 0 Å². The summed E-state index contributed by atoms with van der Waals surface area (Å²) in [4.78, 5) is 24.7. The Bertz CT molecular complexity index is 1000. The zero-order valence-electron chi connectivity index (χ0n) is 17.2. The fourth-order valence-corrected chi connectivity index (χ4v) is 3.56. The maximum absolute atomic E-state index is 12.4. The molecule has 0 bridgehead atoms. The quantitative estimate of drug-likeness (QED) is 0.404. The molecule has 0 radical (unpaired) electrons. The molecule has 0 heterocycles. The summed E-state index contributed by atoms with van der Waals surface area (Å²) in [6.45, 7) is 13.2. The first-order chi connectivity index (χ1) is 13.8. The lowest BCUT2D eigenvalue weighted by atomic mass is 9.85. The molecule has 1 atom stereocenters. The van der Waals surface area contributed by atoms with Crippen LogP contribution in [0.2, 0.25) is 0 Å². The highest BCUT2D eigenvalue weighted by Gasteiger charge is 2.30. The average molecular weight is 394 g/mol. The molecule has 1 unspecified atom stereocenters. The van der Waals surface area contributed by atoms with Gasteiger partial charge in [-0.1, -0.05) is 37.4 Å². The lowest BCUT2D eigenvalue weighted by Gasteiger charge is -2.29. The Hall–Kier alpha value is -2.92. The van der Waals surface area contributed by atoms with E-state index in [0.717, 1.165) is 22.9 Å². The molecule has 0 fully saturated rings. The molecule has 3 rings (SSSR count). The standard InChI is InChI=1S/C24H26O5/c1-6-27-16-11-12-19-20(13-16)22(29-24(26)15(4)5)18-10-8-7-9-17(18)21(19)28-23(25)14(2)3/h7-10,16H,2,4,6,11-13H2,1,3,5H3. The van der Waals surface area contributed by atoms with Crippen molar-refractivity contribution in [1.82, 2.24) is 0 Å². The van der Waals surface area contributed by atoms with Crippen molar-refractivity contribution in [2.45, 2.75) is 46.1 Å². The minimum Gasteiger partial charge on any atom is -0.422 e. The Labute approximate surface area is 171 Å². The molecule has 5 heteroatoms. The maximum atomic E-state index is 12.4. The molecule has 0 N–H and O–H groups in total. The van der Waals surface area contributed by atoms with Gasteiger partial charge in [0.25, 0.3) is 0 Å². The van der Waals surface area contributed by atoms with E-state index >= 15 is 0 Å². The highest BCUT2D eigenvalue weighted by molar-refractivity contribution is 6.01. The summed E-state index contributed by atoms with van der Waals surface area (Å²) < 4.78 is 17.4. The van der Waals surface area contributed by atoms with Crippen LogP contribution in [0.15, 0.2) is 48.6 Å². The van der Waals surface area contributed by atoms with E-state index in [0.29, 0.717) is 47.5 Å². The molecule has 1 aliphatic rings. The summed E-state index contributed by atoms with van der Waals surface area (Å²) in [5.41, 5.74) is 2.35. The molecule has 0 aliphatic heterocycles. The van der Waals surface area contributed by atoms with E-state index in [4.69, 9.17) is 14.2 Å². The molecule has 152 valence electrons. The number of esters is 2. The number of fused-ring (bicyclic) bond motifs is 2. The van der Waals surface area contributed by atoms with Crippen LogP contribution in [-0.4, -0.2) is 24.6 Å². The first-order valence-corrected chi connectivity index (χ1v) is 9.76. The number of carbonyl (C=O) groups excluding carboxylic acids is 2. The van der Waals surface area contributed by atoms with E-state index in [1.54, 1.807) is 13.8 Å². The highest BCUT2D eigenvalue weighted by Crippen LogP contribution is 2.45. The van der Waals surface area contributed by atoms with Crippen LogP contribution in [-0.2, 0) is 27.2 Å². The second-order valence-electron chi connectivity index (χ2n) is 7.32. The van der Waals surface area contributed by atoms with Gasteiger partial charge in [0.1, 0.15) is 11.5 Å².